The first kappa shape index (κ1) is 23.7. The Kier molecular flexibility index (Phi) is 6.03. The van der Waals surface area contributed by atoms with E-state index in [0.29, 0.717) is 12.8 Å². The van der Waals surface area contributed by atoms with Crippen molar-refractivity contribution in [3.8, 4) is 0 Å². The third-order valence-electron chi connectivity index (χ3n) is 9.48. The fourth-order valence-corrected chi connectivity index (χ4v) is 8.45. The molecule has 178 valence electrons. The summed E-state index contributed by atoms with van der Waals surface area (Å²) in [6.45, 7) is 7.97. The van der Waals surface area contributed by atoms with E-state index < -0.39 is 23.3 Å². The molecule has 0 saturated heterocycles. The molecular weight excluding hydrogens is 432 g/mol. The highest BCUT2D eigenvalue weighted by molar-refractivity contribution is 6.29. The standard InChI is InChI=1S/C25H35ClO6/c1-5-31-22(30)32-25(20(29)13-26)14(2)10-18-17-7-6-15-11-16(27)8-9-23(15,3)21(17)19(28)12-24(18,25)4/h11,14,17-19,21,28H,5-10,12-13H2,1-4H3/t14-,17-,18-,19-,21+,23-,24-,25-/m0/s1. The van der Waals surface area contributed by atoms with Crippen molar-refractivity contribution >= 4 is 29.3 Å². The maximum atomic E-state index is 13.3. The lowest BCUT2D eigenvalue weighted by Gasteiger charge is -2.60. The van der Waals surface area contributed by atoms with Gasteiger partial charge in [-0.15, -0.1) is 11.6 Å². The van der Waals surface area contributed by atoms with Crippen molar-refractivity contribution in [3.63, 3.8) is 0 Å². The molecule has 3 saturated carbocycles. The molecular formula is C25H35ClO6. The maximum Gasteiger partial charge on any atom is 0.509 e. The first-order chi connectivity index (χ1) is 15.0. The van der Waals surface area contributed by atoms with E-state index in [2.05, 4.69) is 6.92 Å². The molecule has 4 aliphatic rings. The molecule has 0 aromatic heterocycles. The van der Waals surface area contributed by atoms with Crippen molar-refractivity contribution < 1.29 is 29.0 Å². The van der Waals surface area contributed by atoms with Gasteiger partial charge in [0.05, 0.1) is 18.6 Å². The van der Waals surface area contributed by atoms with Gasteiger partial charge in [-0.25, -0.2) is 4.79 Å². The molecule has 1 N–H and O–H groups in total. The largest absolute Gasteiger partial charge is 0.509 e. The van der Waals surface area contributed by atoms with Gasteiger partial charge in [-0.2, -0.15) is 0 Å². The molecule has 0 bridgehead atoms. The lowest BCUT2D eigenvalue weighted by Crippen LogP contribution is -2.64. The zero-order valence-corrected chi connectivity index (χ0v) is 20.2. The Bertz CT molecular complexity index is 853. The molecule has 8 atom stereocenters. The van der Waals surface area contributed by atoms with E-state index in [1.54, 1.807) is 6.92 Å². The van der Waals surface area contributed by atoms with Crippen molar-refractivity contribution in [1.82, 2.24) is 0 Å². The number of aliphatic hydroxyl groups excluding tert-OH is 1. The van der Waals surface area contributed by atoms with Crippen LogP contribution in [0.25, 0.3) is 0 Å². The van der Waals surface area contributed by atoms with E-state index in [-0.39, 0.29) is 53.1 Å². The number of Topliss-reactive ketones (excluding diaryl/α,β-unsaturated/α-hetero) is 1. The Morgan fingerprint density at radius 1 is 1.28 bits per heavy atom. The number of rotatable bonds is 4. The molecule has 3 fully saturated rings. The van der Waals surface area contributed by atoms with Gasteiger partial charge in [0.1, 0.15) is 0 Å². The van der Waals surface area contributed by atoms with Crippen molar-refractivity contribution in [2.24, 2.45) is 34.5 Å². The van der Waals surface area contributed by atoms with Crippen molar-refractivity contribution in [3.05, 3.63) is 11.6 Å². The SMILES string of the molecule is CCOC(=O)O[C@]1(C(=O)CCl)[C@@H](C)C[C@H]2[C@@H]3CCC4=CC(=O)CC[C@]4(C)[C@H]3[C@@H](O)C[C@@]21C. The summed E-state index contributed by atoms with van der Waals surface area (Å²) < 4.78 is 11.0. The highest BCUT2D eigenvalue weighted by Crippen LogP contribution is 2.69. The average molecular weight is 467 g/mol. The Hall–Kier alpha value is -1.40. The zero-order chi connectivity index (χ0) is 23.5. The summed E-state index contributed by atoms with van der Waals surface area (Å²) in [7, 11) is 0. The van der Waals surface area contributed by atoms with Gasteiger partial charge in [0.25, 0.3) is 0 Å². The van der Waals surface area contributed by atoms with Gasteiger partial charge in [0, 0.05) is 17.8 Å². The molecule has 4 aliphatic carbocycles. The number of fused-ring (bicyclic) bond motifs is 5. The van der Waals surface area contributed by atoms with E-state index in [0.717, 1.165) is 31.3 Å². The number of aliphatic hydroxyl groups is 1. The van der Waals surface area contributed by atoms with Gasteiger partial charge in [0.2, 0.25) is 0 Å². The Morgan fingerprint density at radius 3 is 2.66 bits per heavy atom. The van der Waals surface area contributed by atoms with Crippen molar-refractivity contribution in [1.29, 1.82) is 0 Å². The smallest absolute Gasteiger partial charge is 0.435 e. The minimum Gasteiger partial charge on any atom is -0.435 e. The van der Waals surface area contributed by atoms with E-state index >= 15 is 0 Å². The predicted octanol–water partition coefficient (Wildman–Crippen LogP) is 4.45. The van der Waals surface area contributed by atoms with Crippen LogP contribution >= 0.6 is 11.6 Å². The summed E-state index contributed by atoms with van der Waals surface area (Å²) in [5.74, 6) is -0.345. The van der Waals surface area contributed by atoms with Gasteiger partial charge >= 0.3 is 6.16 Å². The molecule has 0 unspecified atom stereocenters. The van der Waals surface area contributed by atoms with Crippen LogP contribution in [0.5, 0.6) is 0 Å². The molecule has 0 amide bonds. The molecule has 0 radical (unpaired) electrons. The normalized spacial score (nSPS) is 45.2. The Balaban J connectivity index is 1.77. The zero-order valence-electron chi connectivity index (χ0n) is 19.5. The number of carbonyl (C=O) groups is 3. The van der Waals surface area contributed by atoms with Gasteiger partial charge in [-0.3, -0.25) is 9.59 Å². The van der Waals surface area contributed by atoms with Crippen LogP contribution in [0.1, 0.15) is 66.2 Å². The molecule has 0 aromatic rings. The first-order valence-corrected chi connectivity index (χ1v) is 12.5. The van der Waals surface area contributed by atoms with Crippen LogP contribution in [0.4, 0.5) is 4.79 Å². The van der Waals surface area contributed by atoms with Crippen molar-refractivity contribution in [2.75, 3.05) is 12.5 Å². The van der Waals surface area contributed by atoms with E-state index in [4.69, 9.17) is 21.1 Å². The van der Waals surface area contributed by atoms with Gasteiger partial charge in [-0.05, 0) is 68.3 Å². The second-order valence-corrected chi connectivity index (χ2v) is 11.1. The average Bonchev–Trinajstić information content (AvgIpc) is 2.95. The second-order valence-electron chi connectivity index (χ2n) is 10.8. The molecule has 7 heteroatoms. The van der Waals surface area contributed by atoms with Gasteiger partial charge < -0.3 is 14.6 Å². The van der Waals surface area contributed by atoms with Crippen LogP contribution in [0, 0.1) is 34.5 Å². The van der Waals surface area contributed by atoms with Crippen LogP contribution in [0.3, 0.4) is 0 Å². The summed E-state index contributed by atoms with van der Waals surface area (Å²) in [5, 5.41) is 11.6. The van der Waals surface area contributed by atoms with Crippen LogP contribution < -0.4 is 0 Å². The fourth-order valence-electron chi connectivity index (χ4n) is 8.25. The summed E-state index contributed by atoms with van der Waals surface area (Å²) in [5.41, 5.74) is -1.22. The summed E-state index contributed by atoms with van der Waals surface area (Å²) in [6, 6.07) is 0. The molecule has 0 aliphatic heterocycles. The van der Waals surface area contributed by atoms with E-state index in [1.165, 1.54) is 0 Å². The molecule has 4 rings (SSSR count). The minimum absolute atomic E-state index is 0.0189. The molecule has 0 aromatic carbocycles. The van der Waals surface area contributed by atoms with Crippen molar-refractivity contribution in [2.45, 2.75) is 77.9 Å². The number of allylic oxidation sites excluding steroid dienone is 1. The van der Waals surface area contributed by atoms with E-state index in [1.807, 2.05) is 19.9 Å². The van der Waals surface area contributed by atoms with Crippen LogP contribution in [0.15, 0.2) is 11.6 Å². The molecule has 0 heterocycles. The highest BCUT2D eigenvalue weighted by atomic mass is 35.5. The third kappa shape index (κ3) is 3.12. The van der Waals surface area contributed by atoms with Crippen LogP contribution in [-0.2, 0) is 19.1 Å². The number of hydrogen-bond donors (Lipinski definition) is 1. The Morgan fingerprint density at radius 2 is 2.00 bits per heavy atom. The van der Waals surface area contributed by atoms with Crippen LogP contribution in [-0.4, -0.2) is 47.0 Å². The maximum absolute atomic E-state index is 13.3. The molecule has 6 nitrogen and oxygen atoms in total. The predicted molar refractivity (Wildman–Crippen MR) is 119 cm³/mol. The minimum atomic E-state index is -1.42. The van der Waals surface area contributed by atoms with Gasteiger partial charge in [0.15, 0.2) is 17.2 Å². The summed E-state index contributed by atoms with van der Waals surface area (Å²) in [4.78, 5) is 37.9. The number of halogens is 1. The summed E-state index contributed by atoms with van der Waals surface area (Å²) in [6.07, 6.45) is 4.30. The fraction of sp³-hybridized carbons (Fsp3) is 0.800. The Labute approximate surface area is 195 Å². The first-order valence-electron chi connectivity index (χ1n) is 11.9. The number of hydrogen-bond acceptors (Lipinski definition) is 6. The lowest BCUT2D eigenvalue weighted by molar-refractivity contribution is -0.188. The number of carbonyl (C=O) groups excluding carboxylic acids is 3. The second kappa shape index (κ2) is 8.12. The topological polar surface area (TPSA) is 89.9 Å². The third-order valence-corrected chi connectivity index (χ3v) is 9.72. The van der Waals surface area contributed by atoms with Crippen LogP contribution in [0.2, 0.25) is 0 Å². The number of ketones is 2. The number of ether oxygens (including phenoxy) is 2. The highest BCUT2D eigenvalue weighted by Gasteiger charge is 2.73. The monoisotopic (exact) mass is 466 g/mol. The van der Waals surface area contributed by atoms with Gasteiger partial charge in [-0.1, -0.05) is 26.3 Å². The summed E-state index contributed by atoms with van der Waals surface area (Å²) >= 11 is 6.06. The lowest BCUT2D eigenvalue weighted by atomic mass is 9.45. The quantitative estimate of drug-likeness (QED) is 0.486. The molecule has 0 spiro atoms. The van der Waals surface area contributed by atoms with E-state index in [9.17, 15) is 19.5 Å². The number of alkyl halides is 1. The molecule has 32 heavy (non-hydrogen) atoms.